The lowest BCUT2D eigenvalue weighted by Gasteiger charge is -2.31. The van der Waals surface area contributed by atoms with E-state index in [0.717, 1.165) is 11.3 Å². The van der Waals surface area contributed by atoms with Crippen molar-refractivity contribution in [1.82, 2.24) is 4.57 Å². The SMILES string of the molecule is c1ccc([Si]2(c3ccccc3)c3cc4c5cc(-c6ccc(-n7c8ccccc8c8cc9c%10ccccc%10c%10cc(-c%11c%12ccccc%12c(-c%12ccc%13ccc%14ccccc%14c%13c%12)c%12ccccc%11%12)ccc%10c9cc87)cc6)ccc5c5cc(-c6ccc(-c7cc8ccc9cccc%10ccc(c7)c8c9%10)cc6)ccc5c4cc3-c3c2ccc2ccccc32)cc1. The Bertz CT molecular complexity index is 8890. The first-order chi connectivity index (χ1) is 60.5. The number of hydrogen-bond acceptors (Lipinski definition) is 0. The fourth-order valence-electron chi connectivity index (χ4n) is 22.4. The first-order valence-corrected chi connectivity index (χ1v) is 44.7. The highest BCUT2D eigenvalue weighted by atomic mass is 28.3. The van der Waals surface area contributed by atoms with Crippen LogP contribution in [0.4, 0.5) is 0 Å². The number of fused-ring (bicyclic) bond motifs is 25. The van der Waals surface area contributed by atoms with Crippen molar-refractivity contribution < 1.29 is 0 Å². The summed E-state index contributed by atoms with van der Waals surface area (Å²) in [5, 5.41) is 43.5. The molecule has 0 unspecified atom stereocenters. The molecule has 1 nitrogen and oxygen atoms in total. The van der Waals surface area contributed by atoms with Gasteiger partial charge in [0, 0.05) is 16.5 Å². The van der Waals surface area contributed by atoms with Crippen LogP contribution >= 0.6 is 0 Å². The van der Waals surface area contributed by atoms with Gasteiger partial charge >= 0.3 is 0 Å². The van der Waals surface area contributed by atoms with E-state index in [-0.39, 0.29) is 0 Å². The van der Waals surface area contributed by atoms with Crippen molar-refractivity contribution in [3.05, 3.63) is 431 Å². The Morgan fingerprint density at radius 1 is 0.156 bits per heavy atom. The van der Waals surface area contributed by atoms with Crippen molar-refractivity contribution in [3.63, 3.8) is 0 Å². The second-order valence-corrected chi connectivity index (χ2v) is 37.7. The molecule has 0 amide bonds. The zero-order chi connectivity index (χ0) is 79.6. The smallest absolute Gasteiger partial charge is 0.180 e. The second-order valence-electron chi connectivity index (χ2n) is 33.9. The highest BCUT2D eigenvalue weighted by molar-refractivity contribution is 7.22. The van der Waals surface area contributed by atoms with Crippen molar-refractivity contribution in [2.45, 2.75) is 0 Å². The molecule has 27 rings (SSSR count). The molecule has 0 spiro atoms. The summed E-state index contributed by atoms with van der Waals surface area (Å²) in [6, 6.07) is 165. The monoisotopic (exact) mass is 1550 g/mol. The molecule has 25 aromatic carbocycles. The molecule has 26 aromatic rings. The summed E-state index contributed by atoms with van der Waals surface area (Å²) < 4.78 is 2.51. The van der Waals surface area contributed by atoms with Crippen LogP contribution < -0.4 is 20.7 Å². The minimum atomic E-state index is -2.98. The van der Waals surface area contributed by atoms with Crippen LogP contribution in [0.15, 0.2) is 431 Å². The molecule has 2 heteroatoms. The number of aromatic nitrogens is 1. The van der Waals surface area contributed by atoms with E-state index in [1.807, 2.05) is 0 Å². The summed E-state index contributed by atoms with van der Waals surface area (Å²) in [7, 11) is -2.98. The number of benzene rings is 25. The molecular formula is C120H71NSi. The summed E-state index contributed by atoms with van der Waals surface area (Å²) in [6.45, 7) is 0. The molecule has 2 heterocycles. The predicted molar refractivity (Wildman–Crippen MR) is 527 cm³/mol. The van der Waals surface area contributed by atoms with Crippen molar-refractivity contribution in [3.8, 4) is 72.4 Å². The molecule has 1 aliphatic rings. The third kappa shape index (κ3) is 9.64. The van der Waals surface area contributed by atoms with E-state index < -0.39 is 8.07 Å². The fraction of sp³-hybridized carbons (Fsp3) is 0. The molecule has 0 fully saturated rings. The third-order valence-electron chi connectivity index (χ3n) is 27.8. The van der Waals surface area contributed by atoms with Gasteiger partial charge in [-0.2, -0.15) is 0 Å². The summed E-state index contributed by atoms with van der Waals surface area (Å²) >= 11 is 0. The molecular weight excluding hydrogens is 1480 g/mol. The summed E-state index contributed by atoms with van der Waals surface area (Å²) in [6.07, 6.45) is 0. The fourth-order valence-corrected chi connectivity index (χ4v) is 27.6. The van der Waals surface area contributed by atoms with E-state index in [0.29, 0.717) is 0 Å². The summed E-state index contributed by atoms with van der Waals surface area (Å²) in [5.41, 5.74) is 18.3. The molecule has 0 saturated carbocycles. The van der Waals surface area contributed by atoms with Crippen LogP contribution in [-0.2, 0) is 0 Å². The van der Waals surface area contributed by atoms with Gasteiger partial charge in [0.25, 0.3) is 0 Å². The van der Waals surface area contributed by atoms with Gasteiger partial charge in [-0.15, -0.1) is 0 Å². The first kappa shape index (κ1) is 67.4. The zero-order valence-corrected chi connectivity index (χ0v) is 67.4. The van der Waals surface area contributed by atoms with Crippen molar-refractivity contribution >= 4 is 201 Å². The maximum atomic E-state index is 2.67. The molecule has 1 aliphatic heterocycles. The van der Waals surface area contributed by atoms with Gasteiger partial charge in [-0.1, -0.05) is 358 Å². The highest BCUT2D eigenvalue weighted by Gasteiger charge is 2.49. The van der Waals surface area contributed by atoms with Gasteiger partial charge in [-0.05, 0) is 311 Å². The normalized spacial score (nSPS) is 12.8. The zero-order valence-electron chi connectivity index (χ0n) is 66.4. The largest absolute Gasteiger partial charge is 0.309 e. The van der Waals surface area contributed by atoms with Crippen molar-refractivity contribution in [2.24, 2.45) is 0 Å². The first-order valence-electron chi connectivity index (χ1n) is 42.7. The van der Waals surface area contributed by atoms with Gasteiger partial charge in [0.1, 0.15) is 0 Å². The van der Waals surface area contributed by atoms with Gasteiger partial charge < -0.3 is 4.57 Å². The van der Waals surface area contributed by atoms with E-state index in [1.54, 1.807) is 0 Å². The van der Waals surface area contributed by atoms with Gasteiger partial charge in [0.2, 0.25) is 0 Å². The van der Waals surface area contributed by atoms with E-state index in [9.17, 15) is 0 Å². The molecule has 0 aliphatic carbocycles. The molecule has 0 bridgehead atoms. The van der Waals surface area contributed by atoms with Crippen LogP contribution in [0.25, 0.3) is 245 Å². The Morgan fingerprint density at radius 3 is 1.12 bits per heavy atom. The maximum absolute atomic E-state index is 2.98. The molecule has 1 aromatic heterocycles. The molecule has 0 radical (unpaired) electrons. The average Bonchev–Trinajstić information content (AvgIpc) is 1.50. The standard InChI is InChI=1S/C120H71NSi/c1-3-24-88(25-4-1)122(89-26-5-2-6-27-89)114-61-55-76-21-8-10-29-91(76)120(114)111-69-107-95-59-53-80(72-38-40-74(41-39-72)86-62-82-48-45-78-22-19-23-79-46-49-83(63-86)117(82)116(78)79)64-103(95)94-58-52-81(65-105(94)109(107)71-115(111)122)73-50-56-87(57-51-73)121-112-37-18-17-32-97(112)110-68-106-93-31-12-11-30-92(93)104-67-85(54-60-96(104)108(106)70-113(110)121)119-100-35-15-13-33-98(100)118(99-34-14-16-36-101(99)119)84-47-44-77-43-42-75-20-7-9-28-90(75)102(77)66-84/h1-71H. The Kier molecular flexibility index (Phi) is 14.2. The second kappa shape index (κ2) is 25.7. The van der Waals surface area contributed by atoms with Gasteiger partial charge in [0.05, 0.1) is 11.0 Å². The third-order valence-corrected chi connectivity index (χ3v) is 32.7. The van der Waals surface area contributed by atoms with Crippen LogP contribution in [0.5, 0.6) is 0 Å². The van der Waals surface area contributed by atoms with Gasteiger partial charge in [0.15, 0.2) is 8.07 Å². The molecule has 0 N–H and O–H groups in total. The predicted octanol–water partition coefficient (Wildman–Crippen LogP) is 30.1. The Hall–Kier alpha value is -15.6. The van der Waals surface area contributed by atoms with E-state index >= 15 is 0 Å². The van der Waals surface area contributed by atoms with Crippen LogP contribution in [0.2, 0.25) is 0 Å². The highest BCUT2D eigenvalue weighted by Crippen LogP contribution is 2.50. The van der Waals surface area contributed by atoms with Crippen molar-refractivity contribution in [2.75, 3.05) is 0 Å². The van der Waals surface area contributed by atoms with Crippen LogP contribution in [-0.4, -0.2) is 12.6 Å². The van der Waals surface area contributed by atoms with Gasteiger partial charge in [-0.3, -0.25) is 0 Å². The molecule has 122 heavy (non-hydrogen) atoms. The Morgan fingerprint density at radius 2 is 0.525 bits per heavy atom. The number of hydrogen-bond donors (Lipinski definition) is 0. The lowest BCUT2D eigenvalue weighted by molar-refractivity contribution is 1.18. The minimum Gasteiger partial charge on any atom is -0.309 e. The Labute approximate surface area is 704 Å². The molecule has 560 valence electrons. The number of nitrogens with zero attached hydrogens (tertiary/aromatic N) is 1. The van der Waals surface area contributed by atoms with E-state index in [1.165, 1.54) is 255 Å². The Balaban J connectivity index is 0.620. The molecule has 0 atom stereocenters. The minimum absolute atomic E-state index is 1.12. The van der Waals surface area contributed by atoms with E-state index in [4.69, 9.17) is 0 Å². The van der Waals surface area contributed by atoms with Crippen LogP contribution in [0.3, 0.4) is 0 Å². The van der Waals surface area contributed by atoms with Crippen molar-refractivity contribution in [1.29, 1.82) is 0 Å². The maximum Gasteiger partial charge on any atom is 0.180 e. The number of para-hydroxylation sites is 1. The van der Waals surface area contributed by atoms with Crippen LogP contribution in [0, 0.1) is 0 Å². The summed E-state index contributed by atoms with van der Waals surface area (Å²) in [5.74, 6) is 0. The quantitative estimate of drug-likeness (QED) is 0.0812. The topological polar surface area (TPSA) is 4.93 Å². The lowest BCUT2D eigenvalue weighted by atomic mass is 9.84. The van der Waals surface area contributed by atoms with Crippen LogP contribution in [0.1, 0.15) is 0 Å². The average molecular weight is 1550 g/mol. The number of rotatable bonds is 8. The van der Waals surface area contributed by atoms with Gasteiger partial charge in [-0.25, -0.2) is 0 Å². The van der Waals surface area contributed by atoms with E-state index in [2.05, 4.69) is 435 Å². The lowest BCUT2D eigenvalue weighted by Crippen LogP contribution is -2.72. The summed E-state index contributed by atoms with van der Waals surface area (Å²) in [4.78, 5) is 0. The molecule has 0 saturated heterocycles.